The lowest BCUT2D eigenvalue weighted by atomic mass is 10.0. The van der Waals surface area contributed by atoms with Crippen LogP contribution in [0.15, 0.2) is 24.5 Å². The molecular weight excluding hydrogens is 246 g/mol. The third kappa shape index (κ3) is 3.34. The highest BCUT2D eigenvalue weighted by molar-refractivity contribution is 5.67. The van der Waals surface area contributed by atoms with E-state index in [1.807, 2.05) is 19.1 Å². The molecule has 0 aliphatic carbocycles. The Balaban J connectivity index is 2.18. The average molecular weight is 261 g/mol. The Morgan fingerprint density at radius 3 is 3.00 bits per heavy atom. The highest BCUT2D eigenvalue weighted by atomic mass is 16.4. The minimum atomic E-state index is -0.803. The maximum Gasteiger partial charge on any atom is 0.303 e. The van der Waals surface area contributed by atoms with Crippen LogP contribution in [0.5, 0.6) is 0 Å². The van der Waals surface area contributed by atoms with E-state index >= 15 is 0 Å². The summed E-state index contributed by atoms with van der Waals surface area (Å²) in [7, 11) is 0. The maximum atomic E-state index is 10.8. The van der Waals surface area contributed by atoms with Crippen LogP contribution in [0.25, 0.3) is 11.4 Å². The fourth-order valence-corrected chi connectivity index (χ4v) is 1.86. The summed E-state index contributed by atoms with van der Waals surface area (Å²) in [5.41, 5.74) is 0.817. The summed E-state index contributed by atoms with van der Waals surface area (Å²) in [5.74, 6) is -0.184. The number of pyridine rings is 1. The molecule has 0 saturated heterocycles. The number of carboxylic acids is 1. The molecule has 0 saturated carbocycles. The summed E-state index contributed by atoms with van der Waals surface area (Å²) in [6, 6.07) is 3.68. The standard InChI is InChI=1S/C12H15N5O2/c1-2-9(6-11(18)19)8-17-12(14-15-16-17)10-4-3-5-13-7-10/h3-5,7,9H,2,6,8H2,1H3,(H,18,19). The van der Waals surface area contributed by atoms with Gasteiger partial charge in [-0.1, -0.05) is 13.3 Å². The van der Waals surface area contributed by atoms with Crippen LogP contribution in [0.2, 0.25) is 0 Å². The van der Waals surface area contributed by atoms with Gasteiger partial charge >= 0.3 is 5.97 Å². The van der Waals surface area contributed by atoms with Gasteiger partial charge in [-0.3, -0.25) is 9.78 Å². The van der Waals surface area contributed by atoms with Crippen LogP contribution >= 0.6 is 0 Å². The summed E-state index contributed by atoms with van der Waals surface area (Å²) < 4.78 is 1.63. The molecule has 2 heterocycles. The first-order valence-corrected chi connectivity index (χ1v) is 6.09. The van der Waals surface area contributed by atoms with Crippen LogP contribution in [-0.2, 0) is 11.3 Å². The molecule has 19 heavy (non-hydrogen) atoms. The number of hydrogen-bond acceptors (Lipinski definition) is 5. The summed E-state index contributed by atoms with van der Waals surface area (Å²) in [5, 5.41) is 20.4. The largest absolute Gasteiger partial charge is 0.481 e. The van der Waals surface area contributed by atoms with Crippen LogP contribution < -0.4 is 0 Å². The first kappa shape index (κ1) is 13.1. The van der Waals surface area contributed by atoms with Gasteiger partial charge in [0.1, 0.15) is 0 Å². The van der Waals surface area contributed by atoms with Gasteiger partial charge in [0.15, 0.2) is 5.82 Å². The predicted octanol–water partition coefficient (Wildman–Crippen LogP) is 1.24. The van der Waals surface area contributed by atoms with Crippen molar-refractivity contribution in [2.45, 2.75) is 26.3 Å². The van der Waals surface area contributed by atoms with E-state index in [4.69, 9.17) is 5.11 Å². The number of carboxylic acid groups (broad SMARTS) is 1. The number of hydrogen-bond donors (Lipinski definition) is 1. The smallest absolute Gasteiger partial charge is 0.303 e. The second-order valence-corrected chi connectivity index (χ2v) is 4.30. The van der Waals surface area contributed by atoms with Gasteiger partial charge < -0.3 is 5.11 Å². The molecule has 0 bridgehead atoms. The van der Waals surface area contributed by atoms with E-state index in [1.54, 1.807) is 17.1 Å². The molecule has 2 rings (SSSR count). The van der Waals surface area contributed by atoms with E-state index in [1.165, 1.54) is 0 Å². The maximum absolute atomic E-state index is 10.8. The number of rotatable bonds is 6. The van der Waals surface area contributed by atoms with E-state index in [0.717, 1.165) is 12.0 Å². The van der Waals surface area contributed by atoms with Crippen LogP contribution in [0.1, 0.15) is 19.8 Å². The lowest BCUT2D eigenvalue weighted by molar-refractivity contribution is -0.138. The molecule has 100 valence electrons. The van der Waals surface area contributed by atoms with Crippen molar-refractivity contribution in [2.24, 2.45) is 5.92 Å². The molecule has 0 aliphatic heterocycles. The van der Waals surface area contributed by atoms with Crippen LogP contribution in [0, 0.1) is 5.92 Å². The molecule has 0 radical (unpaired) electrons. The van der Waals surface area contributed by atoms with Crippen molar-refractivity contribution >= 4 is 5.97 Å². The zero-order chi connectivity index (χ0) is 13.7. The number of carbonyl (C=O) groups is 1. The Morgan fingerprint density at radius 1 is 1.53 bits per heavy atom. The molecule has 0 aromatic carbocycles. The minimum Gasteiger partial charge on any atom is -0.481 e. The summed E-state index contributed by atoms with van der Waals surface area (Å²) in [4.78, 5) is 14.8. The van der Waals surface area contributed by atoms with E-state index < -0.39 is 5.97 Å². The molecule has 0 aliphatic rings. The van der Waals surface area contributed by atoms with Gasteiger partial charge in [0, 0.05) is 30.9 Å². The predicted molar refractivity (Wildman–Crippen MR) is 67.1 cm³/mol. The van der Waals surface area contributed by atoms with Crippen LogP contribution in [0.3, 0.4) is 0 Å². The third-order valence-corrected chi connectivity index (χ3v) is 2.92. The highest BCUT2D eigenvalue weighted by Crippen LogP contribution is 2.17. The third-order valence-electron chi connectivity index (χ3n) is 2.92. The van der Waals surface area contributed by atoms with Crippen molar-refractivity contribution in [2.75, 3.05) is 0 Å². The number of aromatic nitrogens is 5. The summed E-state index contributed by atoms with van der Waals surface area (Å²) in [6.45, 7) is 2.45. The van der Waals surface area contributed by atoms with Crippen LogP contribution in [-0.4, -0.2) is 36.3 Å². The van der Waals surface area contributed by atoms with Crippen molar-refractivity contribution in [3.63, 3.8) is 0 Å². The van der Waals surface area contributed by atoms with Crippen molar-refractivity contribution < 1.29 is 9.90 Å². The van der Waals surface area contributed by atoms with Gasteiger partial charge in [-0.15, -0.1) is 5.10 Å². The Kier molecular flexibility index (Phi) is 4.17. The number of nitrogens with zero attached hydrogens (tertiary/aromatic N) is 5. The van der Waals surface area contributed by atoms with Crippen molar-refractivity contribution in [3.05, 3.63) is 24.5 Å². The minimum absolute atomic E-state index is 0.0106. The summed E-state index contributed by atoms with van der Waals surface area (Å²) >= 11 is 0. The highest BCUT2D eigenvalue weighted by Gasteiger charge is 2.16. The number of tetrazole rings is 1. The second kappa shape index (κ2) is 6.03. The van der Waals surface area contributed by atoms with Gasteiger partial charge in [-0.05, 0) is 28.5 Å². The molecule has 0 amide bonds. The Bertz CT molecular complexity index is 540. The van der Waals surface area contributed by atoms with E-state index in [0.29, 0.717) is 12.4 Å². The van der Waals surface area contributed by atoms with Crippen molar-refractivity contribution in [1.29, 1.82) is 0 Å². The number of aliphatic carboxylic acids is 1. The molecule has 1 atom stereocenters. The Labute approximate surface area is 110 Å². The zero-order valence-corrected chi connectivity index (χ0v) is 10.6. The Morgan fingerprint density at radius 2 is 2.37 bits per heavy atom. The quantitative estimate of drug-likeness (QED) is 0.840. The fourth-order valence-electron chi connectivity index (χ4n) is 1.86. The lowest BCUT2D eigenvalue weighted by Gasteiger charge is -2.12. The molecule has 2 aromatic heterocycles. The monoisotopic (exact) mass is 261 g/mol. The fraction of sp³-hybridized carbons (Fsp3) is 0.417. The first-order valence-electron chi connectivity index (χ1n) is 6.09. The molecule has 0 spiro atoms. The van der Waals surface area contributed by atoms with Crippen molar-refractivity contribution in [3.8, 4) is 11.4 Å². The molecule has 2 aromatic rings. The molecule has 1 unspecified atom stereocenters. The van der Waals surface area contributed by atoms with Crippen molar-refractivity contribution in [1.82, 2.24) is 25.2 Å². The summed E-state index contributed by atoms with van der Waals surface area (Å²) in [6.07, 6.45) is 4.23. The normalized spacial score (nSPS) is 12.3. The van der Waals surface area contributed by atoms with E-state index in [-0.39, 0.29) is 12.3 Å². The van der Waals surface area contributed by atoms with Gasteiger partial charge in [-0.2, -0.15) is 0 Å². The van der Waals surface area contributed by atoms with Gasteiger partial charge in [0.05, 0.1) is 0 Å². The molecule has 1 N–H and O–H groups in total. The van der Waals surface area contributed by atoms with Crippen LogP contribution in [0.4, 0.5) is 0 Å². The molecule has 7 heteroatoms. The second-order valence-electron chi connectivity index (χ2n) is 4.30. The molecule has 7 nitrogen and oxygen atoms in total. The van der Waals surface area contributed by atoms with E-state index in [2.05, 4.69) is 20.5 Å². The van der Waals surface area contributed by atoms with Gasteiger partial charge in [0.25, 0.3) is 0 Å². The molecular formula is C12H15N5O2. The first-order chi connectivity index (χ1) is 9.20. The SMILES string of the molecule is CCC(CC(=O)O)Cn1nnnc1-c1cccnc1. The van der Waals surface area contributed by atoms with Gasteiger partial charge in [-0.25, -0.2) is 4.68 Å². The molecule has 0 fully saturated rings. The lowest BCUT2D eigenvalue weighted by Crippen LogP contribution is -2.16. The van der Waals surface area contributed by atoms with Gasteiger partial charge in [0.2, 0.25) is 0 Å². The Hall–Kier alpha value is -2.31. The average Bonchev–Trinajstić information content (AvgIpc) is 2.86. The zero-order valence-electron chi connectivity index (χ0n) is 10.6. The topological polar surface area (TPSA) is 93.8 Å². The van der Waals surface area contributed by atoms with E-state index in [9.17, 15) is 4.79 Å².